The Kier molecular flexibility index (Phi) is 31.4. The van der Waals surface area contributed by atoms with Crippen LogP contribution in [0.2, 0.25) is 0 Å². The zero-order valence-electron chi connectivity index (χ0n) is 31.8. The molecule has 4 amide bonds. The van der Waals surface area contributed by atoms with Crippen LogP contribution in [-0.4, -0.2) is 117 Å². The van der Waals surface area contributed by atoms with Crippen LogP contribution in [-0.2, 0) is 44.5 Å². The van der Waals surface area contributed by atoms with E-state index in [1.165, 1.54) is 64.2 Å². The molecular formula is C36H68N8O8. The quantitative estimate of drug-likeness (QED) is 0.0621. The number of aryl methyl sites for hydroxylation is 1. The lowest BCUT2D eigenvalue weighted by Crippen LogP contribution is -2.31. The molecule has 0 unspecified atom stereocenters. The highest BCUT2D eigenvalue weighted by atomic mass is 16.5. The van der Waals surface area contributed by atoms with Gasteiger partial charge in [0.15, 0.2) is 5.82 Å². The molecule has 300 valence electrons. The maximum Gasteiger partial charge on any atom is 0.246 e. The van der Waals surface area contributed by atoms with Crippen molar-refractivity contribution in [1.82, 2.24) is 36.6 Å². The van der Waals surface area contributed by atoms with Gasteiger partial charge in [0.2, 0.25) is 23.6 Å². The zero-order valence-corrected chi connectivity index (χ0v) is 31.8. The highest BCUT2D eigenvalue weighted by Crippen LogP contribution is 2.13. The zero-order chi connectivity index (χ0) is 37.7. The first kappa shape index (κ1) is 46.8. The fourth-order valence-corrected chi connectivity index (χ4v) is 5.23. The Hall–Kier alpha value is -3.21. The molecule has 0 aliphatic rings. The number of aromatic amines is 1. The van der Waals surface area contributed by atoms with E-state index in [0.717, 1.165) is 44.3 Å². The molecule has 0 fully saturated rings. The number of nitrogens with zero attached hydrogens (tertiary/aromatic N) is 3. The minimum absolute atomic E-state index is 0.0527. The average molecular weight is 741 g/mol. The van der Waals surface area contributed by atoms with E-state index in [9.17, 15) is 19.2 Å². The summed E-state index contributed by atoms with van der Waals surface area (Å²) < 4.78 is 21.4. The molecule has 0 saturated heterocycles. The van der Waals surface area contributed by atoms with Crippen molar-refractivity contribution in [2.45, 2.75) is 122 Å². The van der Waals surface area contributed by atoms with Gasteiger partial charge in [-0.05, 0) is 25.7 Å². The normalized spacial score (nSPS) is 11.7. The Bertz CT molecular complexity index is 1020. The van der Waals surface area contributed by atoms with Gasteiger partial charge in [0, 0.05) is 38.4 Å². The van der Waals surface area contributed by atoms with Gasteiger partial charge in [-0.2, -0.15) is 5.21 Å². The van der Waals surface area contributed by atoms with Crippen LogP contribution in [0.5, 0.6) is 0 Å². The number of tetrazole rings is 1. The molecule has 0 aromatic carbocycles. The van der Waals surface area contributed by atoms with E-state index in [4.69, 9.17) is 24.7 Å². The molecule has 6 N–H and O–H groups in total. The van der Waals surface area contributed by atoms with E-state index in [-0.39, 0.29) is 56.0 Å². The van der Waals surface area contributed by atoms with E-state index in [1.54, 1.807) is 6.92 Å². The van der Waals surface area contributed by atoms with Crippen LogP contribution < -0.4 is 21.7 Å². The molecule has 0 bridgehead atoms. The summed E-state index contributed by atoms with van der Waals surface area (Å²) in [6.07, 6.45) is 19.7. The Morgan fingerprint density at radius 3 is 1.60 bits per heavy atom. The highest BCUT2D eigenvalue weighted by Gasteiger charge is 2.08. The number of hydrogen-bond acceptors (Lipinski definition) is 11. The number of unbranched alkanes of at least 4 members (excludes halogenated alkanes) is 13. The predicted octanol–water partition coefficient (Wildman–Crippen LogP) is 2.91. The third kappa shape index (κ3) is 31.5. The monoisotopic (exact) mass is 741 g/mol. The number of hydrogen-bond donors (Lipinski definition) is 5. The highest BCUT2D eigenvalue weighted by molar-refractivity contribution is 5.77. The minimum atomic E-state index is -0.305. The fourth-order valence-electron chi connectivity index (χ4n) is 5.23. The molecule has 0 aliphatic carbocycles. The Balaban J connectivity index is 1.73. The number of amides is 4. The maximum absolute atomic E-state index is 12.0. The van der Waals surface area contributed by atoms with E-state index in [2.05, 4.69) is 36.6 Å². The van der Waals surface area contributed by atoms with Crippen LogP contribution in [0, 0.1) is 5.92 Å². The summed E-state index contributed by atoms with van der Waals surface area (Å²) in [4.78, 5) is 46.6. The number of aromatic nitrogens is 4. The fraction of sp³-hybridized carbons (Fsp3) is 0.861. The van der Waals surface area contributed by atoms with Gasteiger partial charge in [-0.1, -0.05) is 89.2 Å². The summed E-state index contributed by atoms with van der Waals surface area (Å²) >= 11 is 0. The van der Waals surface area contributed by atoms with Gasteiger partial charge in [0.1, 0.15) is 13.2 Å². The lowest BCUT2D eigenvalue weighted by molar-refractivity contribution is -0.127. The van der Waals surface area contributed by atoms with Gasteiger partial charge in [0.25, 0.3) is 0 Å². The predicted molar refractivity (Wildman–Crippen MR) is 197 cm³/mol. The summed E-state index contributed by atoms with van der Waals surface area (Å²) in [5.41, 5.74) is 5.22. The number of nitrogens with two attached hydrogens (primary N) is 1. The Morgan fingerprint density at radius 2 is 1.08 bits per heavy atom. The van der Waals surface area contributed by atoms with Crippen LogP contribution in [0.25, 0.3) is 0 Å². The van der Waals surface area contributed by atoms with Crippen molar-refractivity contribution in [2.75, 3.05) is 72.5 Å². The van der Waals surface area contributed by atoms with Crippen molar-refractivity contribution in [2.24, 2.45) is 11.7 Å². The number of carbonyl (C=O) groups excluding carboxylic acids is 4. The molecule has 16 nitrogen and oxygen atoms in total. The molecule has 1 atom stereocenters. The minimum Gasteiger partial charge on any atom is -0.377 e. The van der Waals surface area contributed by atoms with Gasteiger partial charge in [-0.3, -0.25) is 19.2 Å². The van der Waals surface area contributed by atoms with E-state index in [1.807, 2.05) is 0 Å². The van der Waals surface area contributed by atoms with Gasteiger partial charge in [-0.25, -0.2) is 0 Å². The van der Waals surface area contributed by atoms with Crippen molar-refractivity contribution in [3.8, 4) is 0 Å². The molecule has 52 heavy (non-hydrogen) atoms. The molecule has 0 aliphatic heterocycles. The number of H-pyrrole nitrogens is 1. The third-order valence-corrected chi connectivity index (χ3v) is 8.41. The second-order valence-corrected chi connectivity index (χ2v) is 13.1. The van der Waals surface area contributed by atoms with Crippen molar-refractivity contribution in [1.29, 1.82) is 0 Å². The second kappa shape index (κ2) is 34.9. The Labute approximate surface area is 310 Å². The van der Waals surface area contributed by atoms with Gasteiger partial charge in [0.05, 0.1) is 39.6 Å². The first-order chi connectivity index (χ1) is 25.4. The van der Waals surface area contributed by atoms with Gasteiger partial charge < -0.3 is 40.6 Å². The van der Waals surface area contributed by atoms with E-state index < -0.39 is 0 Å². The molecule has 1 rings (SSSR count). The van der Waals surface area contributed by atoms with Gasteiger partial charge in [-0.15, -0.1) is 10.2 Å². The summed E-state index contributed by atoms with van der Waals surface area (Å²) in [6.45, 7) is 4.87. The van der Waals surface area contributed by atoms with Crippen LogP contribution in [0.4, 0.5) is 0 Å². The lowest BCUT2D eigenvalue weighted by atomic mass is 10.0. The largest absolute Gasteiger partial charge is 0.377 e. The summed E-state index contributed by atoms with van der Waals surface area (Å²) in [5.74, 6) is -0.0426. The topological polar surface area (TPSA) is 222 Å². The SMILES string of the molecule is C[C@H](CCCCNC(=O)COCCOCCNC(=O)COCCOCCNC(=O)CCCCCCCCCCCCCCCc1nn[nH]n1)C(N)=O. The van der Waals surface area contributed by atoms with Crippen molar-refractivity contribution in [3.05, 3.63) is 5.82 Å². The molecule has 1 heterocycles. The number of carbonyl (C=O) groups is 4. The third-order valence-electron chi connectivity index (χ3n) is 8.41. The number of primary amides is 1. The summed E-state index contributed by atoms with van der Waals surface area (Å²) in [5, 5.41) is 22.4. The number of nitrogens with one attached hydrogen (secondary N) is 4. The lowest BCUT2D eigenvalue weighted by Gasteiger charge is -2.09. The summed E-state index contributed by atoms with van der Waals surface area (Å²) in [7, 11) is 0. The van der Waals surface area contributed by atoms with E-state index >= 15 is 0 Å². The second-order valence-electron chi connectivity index (χ2n) is 13.1. The first-order valence-corrected chi connectivity index (χ1v) is 19.5. The molecule has 0 saturated carbocycles. The Morgan fingerprint density at radius 1 is 0.596 bits per heavy atom. The molecule has 1 aromatic rings. The molecular weight excluding hydrogens is 672 g/mol. The smallest absolute Gasteiger partial charge is 0.246 e. The van der Waals surface area contributed by atoms with Crippen molar-refractivity contribution < 1.29 is 38.1 Å². The molecule has 0 radical (unpaired) electrons. The maximum atomic E-state index is 12.0. The number of ether oxygens (including phenoxy) is 4. The van der Waals surface area contributed by atoms with E-state index in [0.29, 0.717) is 58.9 Å². The average Bonchev–Trinajstić information content (AvgIpc) is 3.65. The molecule has 16 heteroatoms. The van der Waals surface area contributed by atoms with Crippen LogP contribution >= 0.6 is 0 Å². The van der Waals surface area contributed by atoms with Crippen molar-refractivity contribution in [3.63, 3.8) is 0 Å². The molecule has 0 spiro atoms. The van der Waals surface area contributed by atoms with Gasteiger partial charge >= 0.3 is 0 Å². The standard InChI is InChI=1S/C36H68N8O8/c1-31(36(37)48)17-15-16-20-38-34(46)29-51-27-26-50-24-22-40-35(47)30-52-28-25-49-23-21-39-33(45)19-14-12-10-8-6-4-2-3-5-7-9-11-13-18-32-41-43-44-42-32/h31H,2-30H2,1H3,(H2,37,48)(H,38,46)(H,39,45)(H,40,47)(H,41,42,43,44)/t31-/m1/s1. The van der Waals surface area contributed by atoms with Crippen LogP contribution in [0.3, 0.4) is 0 Å². The summed E-state index contributed by atoms with van der Waals surface area (Å²) in [6, 6.07) is 0. The van der Waals surface area contributed by atoms with Crippen molar-refractivity contribution >= 4 is 23.6 Å². The first-order valence-electron chi connectivity index (χ1n) is 19.5. The molecule has 1 aromatic heterocycles. The van der Waals surface area contributed by atoms with Crippen LogP contribution in [0.1, 0.15) is 122 Å². The number of rotatable bonds is 38. The van der Waals surface area contributed by atoms with Crippen LogP contribution in [0.15, 0.2) is 0 Å².